The number of para-hydroxylation sites is 2. The Bertz CT molecular complexity index is 5570. The summed E-state index contributed by atoms with van der Waals surface area (Å²) in [5, 5.41) is 33.5. The number of nitrogens with zero attached hydrogens (tertiary/aromatic N) is 5. The fourth-order valence-corrected chi connectivity index (χ4v) is 18.5. The summed E-state index contributed by atoms with van der Waals surface area (Å²) in [6.45, 7) is 3.63. The molecule has 0 radical (unpaired) electrons. The van der Waals surface area contributed by atoms with Crippen molar-refractivity contribution in [1.82, 2.24) is 83.2 Å². The van der Waals surface area contributed by atoms with Crippen LogP contribution >= 0.6 is 0 Å². The summed E-state index contributed by atoms with van der Waals surface area (Å²) >= 11 is 0. The minimum absolute atomic E-state index is 0.0487. The van der Waals surface area contributed by atoms with Gasteiger partial charge in [-0.15, -0.1) is 0 Å². The third kappa shape index (κ3) is 24.5. The number of carbonyl (C=O) groups is 14. The lowest BCUT2D eigenvalue weighted by atomic mass is 9.92. The summed E-state index contributed by atoms with van der Waals surface area (Å²) in [5.41, 5.74) is 28.8. The summed E-state index contributed by atoms with van der Waals surface area (Å²) in [4.78, 5) is 218. The molecule has 696 valence electrons. The molecule has 6 aliphatic rings. The van der Waals surface area contributed by atoms with Crippen LogP contribution in [0.4, 0.5) is 0 Å². The van der Waals surface area contributed by atoms with Crippen LogP contribution < -0.4 is 81.4 Å². The first-order chi connectivity index (χ1) is 63.6. The molecular weight excluding hydrogens is 1690 g/mol. The zero-order valence-electron chi connectivity index (χ0n) is 74.2. The van der Waals surface area contributed by atoms with E-state index in [2.05, 4.69) is 78.4 Å². The first-order valence-electron chi connectivity index (χ1n) is 45.2. The number of nitrogens with two attached hydrogens (primary N) is 4. The zero-order chi connectivity index (χ0) is 93.5. The van der Waals surface area contributed by atoms with Gasteiger partial charge in [-0.2, -0.15) is 0 Å². The van der Waals surface area contributed by atoms with Gasteiger partial charge in [0, 0.05) is 139 Å². The van der Waals surface area contributed by atoms with Crippen molar-refractivity contribution < 1.29 is 67.1 Å². The lowest BCUT2D eigenvalue weighted by Gasteiger charge is -2.40. The highest BCUT2D eigenvalue weighted by Gasteiger charge is 2.50. The van der Waals surface area contributed by atoms with Gasteiger partial charge in [-0.1, -0.05) is 146 Å². The highest BCUT2D eigenvalue weighted by molar-refractivity contribution is 6.02. The minimum Gasteiger partial charge on any atom is -0.370 e. The number of hydrogen-bond donors (Lipinski definition) is 17. The molecule has 0 bridgehead atoms. The molecule has 14 amide bonds. The maximum Gasteiger partial charge on any atom is 0.247 e. The number of amides is 14. The lowest BCUT2D eigenvalue weighted by molar-refractivity contribution is -0.150. The Morgan fingerprint density at radius 3 is 1.34 bits per heavy atom. The van der Waals surface area contributed by atoms with Crippen molar-refractivity contribution in [2.75, 3.05) is 39.3 Å². The second-order valence-electron chi connectivity index (χ2n) is 34.6. The highest BCUT2D eigenvalue weighted by atomic mass is 16.2. The summed E-state index contributed by atoms with van der Waals surface area (Å²) in [6.07, 6.45) is 7.47. The molecule has 4 saturated heterocycles. The lowest BCUT2D eigenvalue weighted by Crippen LogP contribution is -2.66. The van der Waals surface area contributed by atoms with Crippen LogP contribution in [-0.2, 0) is 119 Å². The maximum absolute atomic E-state index is 15.0. The number of nitrogens with one attached hydrogen (secondary N) is 13. The van der Waals surface area contributed by atoms with Crippen LogP contribution in [0.15, 0.2) is 180 Å². The third-order valence-corrected chi connectivity index (χ3v) is 25.1. The molecule has 1 spiro atoms. The molecule has 11 atom stereocenters. The van der Waals surface area contributed by atoms with Gasteiger partial charge < -0.3 is 106 Å². The Labute approximate surface area is 764 Å². The molecule has 0 saturated carbocycles. The van der Waals surface area contributed by atoms with Gasteiger partial charge in [0.05, 0.1) is 0 Å². The number of hydrogen-bond acceptors (Lipinski definition) is 16. The number of rotatable bonds is 22. The van der Waals surface area contributed by atoms with E-state index in [0.717, 1.165) is 66.3 Å². The fraction of sp³-hybridized carbons (Fsp3) is 0.417. The third-order valence-electron chi connectivity index (χ3n) is 25.1. The largest absolute Gasteiger partial charge is 0.370 e. The van der Waals surface area contributed by atoms with E-state index in [0.29, 0.717) is 38.5 Å². The SMILES string of the molecule is CC(=O)N[C@@H](Cc1ccccc1)C(=O)NC1CCCNC(=O)[C@H](CCCN=C(N)N)NC(=O)[C@H](Cc2c[nH]c3ccccc23)NC(=O)C2(Cc3ccccc3C2)NC(=O)[C@@H]2CCCN2C1=O.CC(=O)N[C@@H](Cc1ccccc1)C(=O)NC1CCCNC(=O)[C@H](CCCN=C(N)N)NC(=O)[C@H](Cc2c[nH]c3ccccc23)NC(=O)[C@H]2Cc3ccccc3CN2C(=O)[C@@H]2CCCN2C1=O. The Kier molecular flexibility index (Phi) is 32.2. The van der Waals surface area contributed by atoms with Gasteiger partial charge in [-0.05, 0) is 134 Å². The van der Waals surface area contributed by atoms with Crippen LogP contribution in [0.25, 0.3) is 21.8 Å². The van der Waals surface area contributed by atoms with Crippen molar-refractivity contribution in [1.29, 1.82) is 0 Å². The van der Waals surface area contributed by atoms with E-state index in [4.69, 9.17) is 22.9 Å². The van der Waals surface area contributed by atoms with Crippen molar-refractivity contribution in [3.63, 3.8) is 0 Å². The van der Waals surface area contributed by atoms with Gasteiger partial charge in [0.25, 0.3) is 0 Å². The van der Waals surface area contributed by atoms with Crippen LogP contribution in [0, 0.1) is 0 Å². The second kappa shape index (κ2) is 44.7. The van der Waals surface area contributed by atoms with Crippen LogP contribution in [0.3, 0.4) is 0 Å². The van der Waals surface area contributed by atoms with Gasteiger partial charge in [0.1, 0.15) is 72.0 Å². The Morgan fingerprint density at radius 1 is 0.439 bits per heavy atom. The molecule has 21 N–H and O–H groups in total. The molecule has 14 rings (SSSR count). The molecule has 132 heavy (non-hydrogen) atoms. The first-order valence-corrected chi connectivity index (χ1v) is 45.2. The van der Waals surface area contributed by atoms with E-state index in [1.54, 1.807) is 12.4 Å². The van der Waals surface area contributed by atoms with E-state index in [-0.39, 0.29) is 141 Å². The molecule has 5 aliphatic heterocycles. The van der Waals surface area contributed by atoms with Gasteiger partial charge in [0.15, 0.2) is 11.9 Å². The summed E-state index contributed by atoms with van der Waals surface area (Å²) in [5.74, 6) is -7.67. The molecule has 36 heteroatoms. The average Bonchev–Trinajstić information content (AvgIpc) is 1.56. The fourth-order valence-electron chi connectivity index (χ4n) is 18.5. The molecule has 4 fully saturated rings. The van der Waals surface area contributed by atoms with Crippen LogP contribution in [0.5, 0.6) is 0 Å². The maximum atomic E-state index is 15.0. The quantitative estimate of drug-likeness (QED) is 0.0259. The first kappa shape index (κ1) is 95.1. The van der Waals surface area contributed by atoms with E-state index in [1.165, 1.54) is 28.5 Å². The zero-order valence-corrected chi connectivity index (χ0v) is 74.2. The predicted molar refractivity (Wildman–Crippen MR) is 494 cm³/mol. The smallest absolute Gasteiger partial charge is 0.247 e. The second-order valence-corrected chi connectivity index (χ2v) is 34.6. The van der Waals surface area contributed by atoms with Crippen LogP contribution in [0.1, 0.15) is 135 Å². The van der Waals surface area contributed by atoms with Gasteiger partial charge in [-0.3, -0.25) is 77.1 Å². The number of benzene rings is 6. The molecule has 1 aliphatic carbocycles. The number of aromatic amines is 2. The van der Waals surface area contributed by atoms with E-state index in [9.17, 15) is 62.3 Å². The van der Waals surface area contributed by atoms with Crippen molar-refractivity contribution in [2.24, 2.45) is 32.9 Å². The topological polar surface area (TPSA) is 541 Å². The Hall–Kier alpha value is -14.5. The molecule has 6 aromatic carbocycles. The molecule has 7 heterocycles. The number of H-pyrrole nitrogens is 2. The van der Waals surface area contributed by atoms with Crippen LogP contribution in [0.2, 0.25) is 0 Å². The summed E-state index contributed by atoms with van der Waals surface area (Å²) in [6, 6.07) is 36.6. The van der Waals surface area contributed by atoms with E-state index < -0.39 is 155 Å². The average molecular weight is 1800 g/mol. The van der Waals surface area contributed by atoms with Gasteiger partial charge >= 0.3 is 0 Å². The van der Waals surface area contributed by atoms with Gasteiger partial charge in [-0.25, -0.2) is 0 Å². The monoisotopic (exact) mass is 1800 g/mol. The van der Waals surface area contributed by atoms with Crippen molar-refractivity contribution in [2.45, 2.75) is 214 Å². The number of aliphatic imine (C=N–C) groups is 2. The van der Waals surface area contributed by atoms with Crippen molar-refractivity contribution >= 4 is 116 Å². The normalized spacial score (nSPS) is 22.1. The van der Waals surface area contributed by atoms with Crippen molar-refractivity contribution in [3.8, 4) is 0 Å². The molecular formula is C96H118N22O14. The van der Waals surface area contributed by atoms with Crippen molar-refractivity contribution in [3.05, 3.63) is 215 Å². The Balaban J connectivity index is 0.000000224. The predicted octanol–water partition coefficient (Wildman–Crippen LogP) is 1.34. The van der Waals surface area contributed by atoms with Crippen LogP contribution in [-0.4, -0.2) is 231 Å². The standard InChI is InChI=1S/2C48H59N11O7/c1-29(60)54-38(24-30-12-3-2-4-13-30)43(62)56-37-19-10-21-51-42(61)36(18-9-22-52-48(49)50)55-44(63)39(25-33-27-53-35-17-8-7-16-34(33)35)57-45(64)41-26-31-14-5-6-15-32(31)28-59(41)47(66)40-20-11-23-58(40)46(37)65;1-29(60)54-38(24-30-12-3-2-4-13-30)42(62)56-37-19-10-21-51-41(61)36(18-9-22-52-47(49)50)55-43(63)39(25-33-28-53-35-17-8-7-16-34(33)35)57-46(66)48(26-31-14-5-6-15-32(31)27-48)58-44(64)40-20-11-23-59(40)45(37)65/h2-8,12-17,27,36-41,53H,9-11,18-26,28H2,1H3,(H,51,61)(H,54,60)(H,55,63)(H,56,62)(H,57,64)(H4,49,50,52);2-8,12-17,28,36-40,53H,9-11,18-27H2,1H3,(H,51,61)(H,54,60)(H,55,63)(H,56,62)(H,57,66)(H,58,64)(H4,49,50,52)/t36-,37?,38-,39-,40-,41+;36-,37?,38-,39-,40-/m00/s1. The van der Waals surface area contributed by atoms with E-state index >= 15 is 4.79 Å². The molecule has 8 aromatic rings. The van der Waals surface area contributed by atoms with E-state index in [1.807, 2.05) is 158 Å². The number of aromatic nitrogens is 2. The molecule has 2 unspecified atom stereocenters. The highest BCUT2D eigenvalue weighted by Crippen LogP contribution is 2.34. The van der Waals surface area contributed by atoms with Gasteiger partial charge in [0.2, 0.25) is 82.7 Å². The Morgan fingerprint density at radius 2 is 0.864 bits per heavy atom. The number of fused-ring (bicyclic) bond motifs is 7. The molecule has 2 aromatic heterocycles. The number of guanidine groups is 2. The minimum atomic E-state index is -1.56. The summed E-state index contributed by atoms with van der Waals surface area (Å²) < 4.78 is 0. The summed E-state index contributed by atoms with van der Waals surface area (Å²) in [7, 11) is 0. The number of carbonyl (C=O) groups excluding carboxylic acids is 14. The molecule has 36 nitrogen and oxygen atoms in total.